The van der Waals surface area contributed by atoms with Crippen LogP contribution in [0.1, 0.15) is 0 Å². The average Bonchev–Trinajstić information content (AvgIpc) is 3.93. The first-order chi connectivity index (χ1) is 28.2. The molecule has 3 nitrogen and oxygen atoms in total. The predicted octanol–water partition coefficient (Wildman–Crippen LogP) is 14.8. The molecule has 3 heteroatoms. The molecule has 0 saturated heterocycles. The molecular formula is C54H34N2O. The first kappa shape index (κ1) is 31.7. The lowest BCUT2D eigenvalue weighted by atomic mass is 9.99. The largest absolute Gasteiger partial charge is 0.456 e. The Kier molecular flexibility index (Phi) is 6.93. The van der Waals surface area contributed by atoms with Gasteiger partial charge in [0.05, 0.1) is 22.1 Å². The van der Waals surface area contributed by atoms with Gasteiger partial charge in [0.15, 0.2) is 0 Å². The van der Waals surface area contributed by atoms with Crippen molar-refractivity contribution in [2.75, 3.05) is 0 Å². The molecule has 12 aromatic rings. The highest BCUT2D eigenvalue weighted by molar-refractivity contribution is 6.13. The van der Waals surface area contributed by atoms with Gasteiger partial charge in [-0.15, -0.1) is 0 Å². The minimum Gasteiger partial charge on any atom is -0.456 e. The molecule has 0 N–H and O–H groups in total. The molecule has 266 valence electrons. The smallest absolute Gasteiger partial charge is 0.136 e. The number of rotatable bonds is 5. The number of aromatic nitrogens is 2. The fraction of sp³-hybridized carbons (Fsp3) is 0. The standard InChI is InChI=1S/C54H34N2O/c1-4-12-35(13-5-1)36-22-27-51-47(30-36)48-32-38(24-29-52(48)56(51)42-16-8-3-9-17-42)40-21-26-45-44-25-20-39(33-53(44)57-54(45)34-40)37-23-28-50-46(31-37)43-18-10-11-19-49(43)55(50)41-14-6-2-7-15-41/h1-34H. The number of hydrogen-bond acceptors (Lipinski definition) is 1. The molecule has 0 fully saturated rings. The van der Waals surface area contributed by atoms with Crippen molar-refractivity contribution < 1.29 is 4.42 Å². The minimum absolute atomic E-state index is 0.888. The Bertz CT molecular complexity index is 3500. The monoisotopic (exact) mass is 726 g/mol. The number of fused-ring (bicyclic) bond motifs is 9. The van der Waals surface area contributed by atoms with Crippen molar-refractivity contribution in [2.24, 2.45) is 0 Å². The van der Waals surface area contributed by atoms with E-state index in [-0.39, 0.29) is 0 Å². The molecule has 0 aliphatic heterocycles. The third kappa shape index (κ3) is 4.99. The second-order valence-corrected chi connectivity index (χ2v) is 14.9. The lowest BCUT2D eigenvalue weighted by molar-refractivity contribution is 0.669. The Morgan fingerprint density at radius 3 is 1.12 bits per heavy atom. The minimum atomic E-state index is 0.888. The quantitative estimate of drug-likeness (QED) is 0.173. The van der Waals surface area contributed by atoms with Crippen molar-refractivity contribution in [3.05, 3.63) is 206 Å². The lowest BCUT2D eigenvalue weighted by Gasteiger charge is -2.08. The Morgan fingerprint density at radius 1 is 0.246 bits per heavy atom. The number of benzene rings is 9. The van der Waals surface area contributed by atoms with E-state index in [2.05, 4.69) is 215 Å². The van der Waals surface area contributed by atoms with E-state index in [1.54, 1.807) is 0 Å². The molecule has 3 aromatic heterocycles. The summed E-state index contributed by atoms with van der Waals surface area (Å²) in [5.41, 5.74) is 15.9. The second kappa shape index (κ2) is 12.5. The third-order valence-corrected chi connectivity index (χ3v) is 11.7. The van der Waals surface area contributed by atoms with E-state index in [1.807, 2.05) is 0 Å². The molecule has 0 atom stereocenters. The van der Waals surface area contributed by atoms with Crippen LogP contribution in [0.4, 0.5) is 0 Å². The van der Waals surface area contributed by atoms with Crippen LogP contribution in [0.15, 0.2) is 211 Å². The van der Waals surface area contributed by atoms with Crippen molar-refractivity contribution in [1.82, 2.24) is 9.13 Å². The molecule has 57 heavy (non-hydrogen) atoms. The number of hydrogen-bond donors (Lipinski definition) is 0. The highest BCUT2D eigenvalue weighted by atomic mass is 16.3. The van der Waals surface area contributed by atoms with Gasteiger partial charge in [-0.2, -0.15) is 0 Å². The normalized spacial score (nSPS) is 11.9. The van der Waals surface area contributed by atoms with E-state index in [0.717, 1.165) is 50.0 Å². The van der Waals surface area contributed by atoms with Gasteiger partial charge in [0, 0.05) is 43.7 Å². The zero-order valence-corrected chi connectivity index (χ0v) is 30.9. The highest BCUT2D eigenvalue weighted by Gasteiger charge is 2.17. The maximum Gasteiger partial charge on any atom is 0.136 e. The van der Waals surface area contributed by atoms with Gasteiger partial charge in [-0.1, -0.05) is 115 Å². The number of furan rings is 1. The Morgan fingerprint density at radius 2 is 0.614 bits per heavy atom. The molecule has 12 rings (SSSR count). The van der Waals surface area contributed by atoms with Crippen LogP contribution in [0.2, 0.25) is 0 Å². The van der Waals surface area contributed by atoms with Gasteiger partial charge in [0.25, 0.3) is 0 Å². The summed E-state index contributed by atoms with van der Waals surface area (Å²) in [5.74, 6) is 0. The summed E-state index contributed by atoms with van der Waals surface area (Å²) in [5, 5.41) is 7.18. The van der Waals surface area contributed by atoms with Crippen LogP contribution in [0.5, 0.6) is 0 Å². The molecule has 0 radical (unpaired) electrons. The SMILES string of the molecule is c1ccc(-c2ccc3c(c2)c2cc(-c4ccc5c(c4)oc4cc(-c6ccc7c(c6)c6ccccc6n7-c6ccccc6)ccc45)ccc2n3-c2ccccc2)cc1. The Hall–Kier alpha value is -7.62. The van der Waals surface area contributed by atoms with Gasteiger partial charge in [-0.25, -0.2) is 0 Å². The van der Waals surface area contributed by atoms with E-state index in [9.17, 15) is 0 Å². The third-order valence-electron chi connectivity index (χ3n) is 11.7. The van der Waals surface area contributed by atoms with Crippen molar-refractivity contribution in [3.63, 3.8) is 0 Å². The second-order valence-electron chi connectivity index (χ2n) is 14.9. The van der Waals surface area contributed by atoms with Gasteiger partial charge >= 0.3 is 0 Å². The Balaban J connectivity index is 0.961. The van der Waals surface area contributed by atoms with Gasteiger partial charge < -0.3 is 13.6 Å². The molecular weight excluding hydrogens is 693 g/mol. The van der Waals surface area contributed by atoms with Crippen molar-refractivity contribution in [2.45, 2.75) is 0 Å². The fourth-order valence-electron chi connectivity index (χ4n) is 9.01. The summed E-state index contributed by atoms with van der Waals surface area (Å²) in [7, 11) is 0. The van der Waals surface area contributed by atoms with Crippen LogP contribution in [-0.2, 0) is 0 Å². The summed E-state index contributed by atoms with van der Waals surface area (Å²) in [6.45, 7) is 0. The van der Waals surface area contributed by atoms with Crippen LogP contribution in [0.3, 0.4) is 0 Å². The molecule has 0 amide bonds. The van der Waals surface area contributed by atoms with Crippen LogP contribution in [0.25, 0.3) is 110 Å². The van der Waals surface area contributed by atoms with Gasteiger partial charge in [0.2, 0.25) is 0 Å². The zero-order chi connectivity index (χ0) is 37.5. The fourth-order valence-corrected chi connectivity index (χ4v) is 9.01. The summed E-state index contributed by atoms with van der Waals surface area (Å²) in [6, 6.07) is 74.4. The molecule has 0 spiro atoms. The summed E-state index contributed by atoms with van der Waals surface area (Å²) >= 11 is 0. The number of para-hydroxylation sites is 3. The van der Waals surface area contributed by atoms with E-state index >= 15 is 0 Å². The molecule has 3 heterocycles. The van der Waals surface area contributed by atoms with Crippen LogP contribution in [0, 0.1) is 0 Å². The molecule has 0 bridgehead atoms. The summed E-state index contributed by atoms with van der Waals surface area (Å²) in [6.07, 6.45) is 0. The van der Waals surface area contributed by atoms with Gasteiger partial charge in [-0.3, -0.25) is 0 Å². The van der Waals surface area contributed by atoms with Crippen molar-refractivity contribution in [1.29, 1.82) is 0 Å². The maximum atomic E-state index is 6.67. The molecule has 0 aliphatic rings. The summed E-state index contributed by atoms with van der Waals surface area (Å²) in [4.78, 5) is 0. The summed E-state index contributed by atoms with van der Waals surface area (Å²) < 4.78 is 11.4. The first-order valence-electron chi connectivity index (χ1n) is 19.5. The van der Waals surface area contributed by atoms with Crippen LogP contribution in [-0.4, -0.2) is 9.13 Å². The molecule has 0 saturated carbocycles. The van der Waals surface area contributed by atoms with Gasteiger partial charge in [0.1, 0.15) is 11.2 Å². The maximum absolute atomic E-state index is 6.67. The van der Waals surface area contributed by atoms with Crippen molar-refractivity contribution in [3.8, 4) is 44.8 Å². The van der Waals surface area contributed by atoms with E-state index < -0.39 is 0 Å². The first-order valence-corrected chi connectivity index (χ1v) is 19.5. The zero-order valence-electron chi connectivity index (χ0n) is 30.9. The molecule has 9 aromatic carbocycles. The van der Waals surface area contributed by atoms with Crippen LogP contribution >= 0.6 is 0 Å². The van der Waals surface area contributed by atoms with E-state index in [4.69, 9.17) is 4.42 Å². The number of nitrogens with zero attached hydrogens (tertiary/aromatic N) is 2. The Labute approximate surface area is 328 Å². The molecule has 0 unspecified atom stereocenters. The van der Waals surface area contributed by atoms with Crippen LogP contribution < -0.4 is 0 Å². The van der Waals surface area contributed by atoms with Gasteiger partial charge in [-0.05, 0) is 124 Å². The highest BCUT2D eigenvalue weighted by Crippen LogP contribution is 2.40. The predicted molar refractivity (Wildman–Crippen MR) is 239 cm³/mol. The topological polar surface area (TPSA) is 23.0 Å². The van der Waals surface area contributed by atoms with E-state index in [1.165, 1.54) is 60.3 Å². The van der Waals surface area contributed by atoms with Crippen molar-refractivity contribution >= 4 is 65.6 Å². The average molecular weight is 727 g/mol. The van der Waals surface area contributed by atoms with E-state index in [0.29, 0.717) is 0 Å². The lowest BCUT2D eigenvalue weighted by Crippen LogP contribution is -1.93. The molecule has 0 aliphatic carbocycles.